The van der Waals surface area contributed by atoms with Crippen LogP contribution in [-0.2, 0) is 11.2 Å². The number of aromatic nitrogens is 2. The van der Waals surface area contributed by atoms with Gasteiger partial charge in [0.2, 0.25) is 5.13 Å². The standard InChI is InChI=1S/C14H16N4O3S2/c1-3-12-17-18-14(23-12)16-13(22)15-11(19)8-21-10-6-4-9(20-2)5-7-10/h4-7H,3,8H2,1-2H3,(H2,15,16,18,19,22). The predicted octanol–water partition coefficient (Wildman–Crippen LogP) is 2.00. The third-order valence-electron chi connectivity index (χ3n) is 2.67. The summed E-state index contributed by atoms with van der Waals surface area (Å²) in [6.07, 6.45) is 0.800. The van der Waals surface area contributed by atoms with Crippen LogP contribution in [0.2, 0.25) is 0 Å². The van der Waals surface area contributed by atoms with Gasteiger partial charge in [-0.3, -0.25) is 10.1 Å². The number of carbonyl (C=O) groups excluding carboxylic acids is 1. The summed E-state index contributed by atoms with van der Waals surface area (Å²) in [6, 6.07) is 6.94. The Bertz CT molecular complexity index is 673. The van der Waals surface area contributed by atoms with E-state index in [1.54, 1.807) is 31.4 Å². The SMILES string of the molecule is CCc1nnc(NC(=S)NC(=O)COc2ccc(OC)cc2)s1. The Morgan fingerprint density at radius 3 is 2.57 bits per heavy atom. The molecule has 1 heterocycles. The number of amides is 1. The number of aryl methyl sites for hydroxylation is 1. The topological polar surface area (TPSA) is 85.4 Å². The smallest absolute Gasteiger partial charge is 0.264 e. The number of thiocarbonyl (C=S) groups is 1. The maximum Gasteiger partial charge on any atom is 0.264 e. The Morgan fingerprint density at radius 2 is 1.96 bits per heavy atom. The molecule has 0 fully saturated rings. The van der Waals surface area contributed by atoms with E-state index in [1.807, 2.05) is 6.92 Å². The van der Waals surface area contributed by atoms with Gasteiger partial charge >= 0.3 is 0 Å². The summed E-state index contributed by atoms with van der Waals surface area (Å²) >= 11 is 6.43. The molecule has 0 aliphatic carbocycles. The van der Waals surface area contributed by atoms with Crippen LogP contribution in [0.4, 0.5) is 5.13 Å². The van der Waals surface area contributed by atoms with Crippen LogP contribution < -0.4 is 20.1 Å². The number of hydrogen-bond acceptors (Lipinski definition) is 7. The largest absolute Gasteiger partial charge is 0.497 e. The first-order chi connectivity index (χ1) is 11.1. The molecule has 0 radical (unpaired) electrons. The van der Waals surface area contributed by atoms with Gasteiger partial charge in [0.05, 0.1) is 7.11 Å². The van der Waals surface area contributed by atoms with Gasteiger partial charge < -0.3 is 14.8 Å². The molecular weight excluding hydrogens is 336 g/mol. The van der Waals surface area contributed by atoms with E-state index in [0.29, 0.717) is 10.9 Å². The number of nitrogens with one attached hydrogen (secondary N) is 2. The van der Waals surface area contributed by atoms with E-state index in [-0.39, 0.29) is 17.6 Å². The van der Waals surface area contributed by atoms with E-state index in [9.17, 15) is 4.79 Å². The Balaban J connectivity index is 1.75. The maximum absolute atomic E-state index is 11.8. The summed E-state index contributed by atoms with van der Waals surface area (Å²) in [4.78, 5) is 11.8. The van der Waals surface area contributed by atoms with Gasteiger partial charge in [0.25, 0.3) is 5.91 Å². The van der Waals surface area contributed by atoms with Crippen LogP contribution in [0, 0.1) is 0 Å². The molecule has 1 aromatic carbocycles. The van der Waals surface area contributed by atoms with Crippen molar-refractivity contribution in [3.05, 3.63) is 29.3 Å². The molecule has 0 saturated carbocycles. The summed E-state index contributed by atoms with van der Waals surface area (Å²) in [5.74, 6) is 0.922. The lowest BCUT2D eigenvalue weighted by Crippen LogP contribution is -2.37. The number of nitrogens with zero attached hydrogens (tertiary/aromatic N) is 2. The third-order valence-corrected chi connectivity index (χ3v) is 3.86. The van der Waals surface area contributed by atoms with E-state index in [4.69, 9.17) is 21.7 Å². The van der Waals surface area contributed by atoms with Crippen molar-refractivity contribution >= 4 is 39.7 Å². The Hall–Kier alpha value is -2.26. The number of ether oxygens (including phenoxy) is 2. The third kappa shape index (κ3) is 5.46. The summed E-state index contributed by atoms with van der Waals surface area (Å²) in [5, 5.41) is 14.8. The fraction of sp³-hybridized carbons (Fsp3) is 0.286. The van der Waals surface area contributed by atoms with E-state index in [1.165, 1.54) is 11.3 Å². The van der Waals surface area contributed by atoms with Crippen molar-refractivity contribution in [3.8, 4) is 11.5 Å². The average molecular weight is 352 g/mol. The Labute approximate surface area is 143 Å². The first kappa shape index (κ1) is 17.1. The minimum absolute atomic E-state index is 0.148. The lowest BCUT2D eigenvalue weighted by Gasteiger charge is -2.09. The molecule has 0 aliphatic rings. The van der Waals surface area contributed by atoms with Gasteiger partial charge in [-0.25, -0.2) is 0 Å². The molecular formula is C14H16N4O3S2. The fourth-order valence-corrected chi connectivity index (χ4v) is 2.52. The monoisotopic (exact) mass is 352 g/mol. The van der Waals surface area contributed by atoms with E-state index >= 15 is 0 Å². The summed E-state index contributed by atoms with van der Waals surface area (Å²) in [7, 11) is 1.58. The van der Waals surface area contributed by atoms with Gasteiger partial charge in [-0.05, 0) is 42.9 Å². The van der Waals surface area contributed by atoms with Crippen LogP contribution >= 0.6 is 23.6 Å². The zero-order valence-electron chi connectivity index (χ0n) is 12.7. The number of anilines is 1. The zero-order valence-corrected chi connectivity index (χ0v) is 14.3. The van der Waals surface area contributed by atoms with Crippen LogP contribution in [0.15, 0.2) is 24.3 Å². The highest BCUT2D eigenvalue weighted by atomic mass is 32.1. The first-order valence-corrected chi connectivity index (χ1v) is 8.03. The molecule has 9 heteroatoms. The molecule has 2 rings (SSSR count). The second kappa shape index (κ2) is 8.39. The Kier molecular flexibility index (Phi) is 6.24. The van der Waals surface area contributed by atoms with Gasteiger partial charge in [-0.1, -0.05) is 18.3 Å². The molecule has 7 nitrogen and oxygen atoms in total. The molecule has 2 aromatic rings. The van der Waals surface area contributed by atoms with Gasteiger partial charge in [0.15, 0.2) is 11.7 Å². The number of hydrogen-bond donors (Lipinski definition) is 2. The second-order valence-electron chi connectivity index (χ2n) is 4.32. The molecule has 23 heavy (non-hydrogen) atoms. The molecule has 1 amide bonds. The molecule has 2 N–H and O–H groups in total. The van der Waals surface area contributed by atoms with Crippen molar-refractivity contribution in [1.82, 2.24) is 15.5 Å². The van der Waals surface area contributed by atoms with E-state index in [0.717, 1.165) is 17.2 Å². The van der Waals surface area contributed by atoms with Crippen LogP contribution in [0.5, 0.6) is 11.5 Å². The molecule has 0 bridgehead atoms. The molecule has 0 unspecified atom stereocenters. The van der Waals surface area contributed by atoms with Crippen LogP contribution in [-0.4, -0.2) is 34.9 Å². The quantitative estimate of drug-likeness (QED) is 0.769. The van der Waals surface area contributed by atoms with Crippen LogP contribution in [0.1, 0.15) is 11.9 Å². The number of carbonyl (C=O) groups is 1. The molecule has 0 aliphatic heterocycles. The zero-order chi connectivity index (χ0) is 16.7. The molecule has 0 spiro atoms. The Morgan fingerprint density at radius 1 is 1.26 bits per heavy atom. The second-order valence-corrected chi connectivity index (χ2v) is 5.79. The molecule has 0 saturated heterocycles. The highest BCUT2D eigenvalue weighted by Crippen LogP contribution is 2.17. The van der Waals surface area contributed by atoms with Crippen molar-refractivity contribution in [2.75, 3.05) is 19.0 Å². The normalized spacial score (nSPS) is 10.0. The van der Waals surface area contributed by atoms with Gasteiger partial charge in [0.1, 0.15) is 16.5 Å². The minimum Gasteiger partial charge on any atom is -0.497 e. The molecule has 0 atom stereocenters. The van der Waals surface area contributed by atoms with E-state index < -0.39 is 0 Å². The van der Waals surface area contributed by atoms with Crippen molar-refractivity contribution in [2.24, 2.45) is 0 Å². The fourth-order valence-electron chi connectivity index (χ4n) is 1.56. The van der Waals surface area contributed by atoms with Crippen molar-refractivity contribution in [2.45, 2.75) is 13.3 Å². The van der Waals surface area contributed by atoms with Crippen molar-refractivity contribution in [1.29, 1.82) is 0 Å². The van der Waals surface area contributed by atoms with Crippen LogP contribution in [0.3, 0.4) is 0 Å². The maximum atomic E-state index is 11.8. The lowest BCUT2D eigenvalue weighted by molar-refractivity contribution is -0.121. The highest BCUT2D eigenvalue weighted by Gasteiger charge is 2.08. The number of rotatable bonds is 6. The van der Waals surface area contributed by atoms with Crippen molar-refractivity contribution in [3.63, 3.8) is 0 Å². The van der Waals surface area contributed by atoms with Gasteiger partial charge in [-0.15, -0.1) is 10.2 Å². The van der Waals surface area contributed by atoms with E-state index in [2.05, 4.69) is 20.8 Å². The first-order valence-electron chi connectivity index (χ1n) is 6.80. The van der Waals surface area contributed by atoms with Crippen molar-refractivity contribution < 1.29 is 14.3 Å². The lowest BCUT2D eigenvalue weighted by atomic mass is 10.3. The minimum atomic E-state index is -0.362. The summed E-state index contributed by atoms with van der Waals surface area (Å²) < 4.78 is 10.4. The molecule has 122 valence electrons. The van der Waals surface area contributed by atoms with Crippen LogP contribution in [0.25, 0.3) is 0 Å². The highest BCUT2D eigenvalue weighted by molar-refractivity contribution is 7.80. The molecule has 1 aromatic heterocycles. The van der Waals surface area contributed by atoms with Gasteiger partial charge in [-0.2, -0.15) is 0 Å². The summed E-state index contributed by atoms with van der Waals surface area (Å²) in [6.45, 7) is 1.84. The predicted molar refractivity (Wildman–Crippen MR) is 92.1 cm³/mol. The average Bonchev–Trinajstić information content (AvgIpc) is 3.00. The number of benzene rings is 1. The number of methoxy groups -OCH3 is 1. The summed E-state index contributed by atoms with van der Waals surface area (Å²) in [5.41, 5.74) is 0. The van der Waals surface area contributed by atoms with Gasteiger partial charge in [0, 0.05) is 0 Å².